The molecule has 0 aliphatic carbocycles. The van der Waals surface area contributed by atoms with Crippen LogP contribution in [0, 0.1) is 0 Å². The highest BCUT2D eigenvalue weighted by molar-refractivity contribution is 6.31. The van der Waals surface area contributed by atoms with Gasteiger partial charge in [-0.05, 0) is 45.4 Å². The van der Waals surface area contributed by atoms with Gasteiger partial charge in [-0.1, -0.05) is 24.6 Å². The monoisotopic (exact) mass is 306 g/mol. The minimum Gasteiger partial charge on any atom is -0.309 e. The number of aryl methyl sites for hydroxylation is 1. The van der Waals surface area contributed by atoms with Crippen molar-refractivity contribution < 1.29 is 0 Å². The zero-order valence-corrected chi connectivity index (χ0v) is 13.6. The van der Waals surface area contributed by atoms with Crippen LogP contribution in [0.15, 0.2) is 30.6 Å². The third kappa shape index (κ3) is 4.05. The van der Waals surface area contributed by atoms with Crippen LogP contribution in [0.25, 0.3) is 0 Å². The van der Waals surface area contributed by atoms with E-state index < -0.39 is 0 Å². The summed E-state index contributed by atoms with van der Waals surface area (Å²) < 4.78 is 2.01. The van der Waals surface area contributed by atoms with Gasteiger partial charge >= 0.3 is 0 Å². The molecule has 0 aliphatic rings. The van der Waals surface area contributed by atoms with Gasteiger partial charge in [-0.2, -0.15) is 5.10 Å². The van der Waals surface area contributed by atoms with E-state index in [1.807, 2.05) is 23.0 Å². The van der Waals surface area contributed by atoms with Crippen molar-refractivity contribution in [2.24, 2.45) is 0 Å². The Labute approximate surface area is 131 Å². The Kier molecular flexibility index (Phi) is 5.76. The third-order valence-electron chi connectivity index (χ3n) is 3.47. The first-order valence-electron chi connectivity index (χ1n) is 7.49. The van der Waals surface area contributed by atoms with Gasteiger partial charge in [-0.25, -0.2) is 0 Å². The number of pyridine rings is 1. The van der Waals surface area contributed by atoms with Gasteiger partial charge in [0, 0.05) is 17.9 Å². The molecule has 0 spiro atoms. The molecule has 0 saturated carbocycles. The molecule has 0 fully saturated rings. The number of nitrogens with one attached hydrogen (secondary N) is 1. The Balaban J connectivity index is 2.17. The second kappa shape index (κ2) is 7.57. The first kappa shape index (κ1) is 16.0. The summed E-state index contributed by atoms with van der Waals surface area (Å²) in [6, 6.07) is 6.51. The number of hydrogen-bond acceptors (Lipinski definition) is 3. The predicted molar refractivity (Wildman–Crippen MR) is 86.6 cm³/mol. The van der Waals surface area contributed by atoms with Crippen LogP contribution in [0.5, 0.6) is 0 Å². The fourth-order valence-corrected chi connectivity index (χ4v) is 2.77. The molecule has 0 amide bonds. The summed E-state index contributed by atoms with van der Waals surface area (Å²) in [7, 11) is 0. The lowest BCUT2D eigenvalue weighted by Crippen LogP contribution is -2.25. The van der Waals surface area contributed by atoms with E-state index in [9.17, 15) is 0 Å². The number of aromatic nitrogens is 3. The van der Waals surface area contributed by atoms with Crippen molar-refractivity contribution in [3.63, 3.8) is 0 Å². The summed E-state index contributed by atoms with van der Waals surface area (Å²) in [6.07, 6.45) is 5.44. The summed E-state index contributed by atoms with van der Waals surface area (Å²) in [6.45, 7) is 7.24. The molecular formula is C16H23ClN4. The Hall–Kier alpha value is -1.39. The van der Waals surface area contributed by atoms with Crippen LogP contribution in [-0.2, 0) is 6.42 Å². The standard InChI is InChI=1S/C16H23ClN4/c1-4-18-15(9-8-13-7-5-6-10-19-13)16-14(17)11-20-21(16)12(2)3/h5-7,10-12,15,18H,4,8-9H2,1-3H3. The largest absolute Gasteiger partial charge is 0.309 e. The van der Waals surface area contributed by atoms with Gasteiger partial charge in [0.05, 0.1) is 23.0 Å². The van der Waals surface area contributed by atoms with Gasteiger partial charge in [0.2, 0.25) is 0 Å². The smallest absolute Gasteiger partial charge is 0.0834 e. The lowest BCUT2D eigenvalue weighted by molar-refractivity contribution is 0.433. The van der Waals surface area contributed by atoms with E-state index in [4.69, 9.17) is 11.6 Å². The average molecular weight is 307 g/mol. The molecule has 0 aliphatic heterocycles. The molecule has 2 aromatic heterocycles. The Morgan fingerprint density at radius 1 is 1.33 bits per heavy atom. The molecule has 1 unspecified atom stereocenters. The molecule has 4 nitrogen and oxygen atoms in total. The van der Waals surface area contributed by atoms with Crippen LogP contribution >= 0.6 is 11.6 Å². The number of nitrogens with zero attached hydrogens (tertiary/aromatic N) is 3. The second-order valence-corrected chi connectivity index (χ2v) is 5.79. The van der Waals surface area contributed by atoms with Crippen molar-refractivity contribution >= 4 is 11.6 Å². The average Bonchev–Trinajstić information content (AvgIpc) is 2.86. The SMILES string of the molecule is CCNC(CCc1ccccn1)c1c(Cl)cnn1C(C)C. The van der Waals surface area contributed by atoms with Gasteiger partial charge in [-0.3, -0.25) is 9.67 Å². The maximum atomic E-state index is 6.36. The van der Waals surface area contributed by atoms with E-state index >= 15 is 0 Å². The minimum atomic E-state index is 0.189. The lowest BCUT2D eigenvalue weighted by atomic mass is 10.1. The summed E-state index contributed by atoms with van der Waals surface area (Å²) in [5, 5.41) is 8.65. The van der Waals surface area contributed by atoms with Crippen molar-refractivity contribution in [3.8, 4) is 0 Å². The van der Waals surface area contributed by atoms with Crippen molar-refractivity contribution in [2.75, 3.05) is 6.54 Å². The van der Waals surface area contributed by atoms with Crippen LogP contribution in [-0.4, -0.2) is 21.3 Å². The molecule has 0 bridgehead atoms. The van der Waals surface area contributed by atoms with E-state index in [0.29, 0.717) is 6.04 Å². The summed E-state index contributed by atoms with van der Waals surface area (Å²) in [4.78, 5) is 4.39. The molecule has 114 valence electrons. The number of rotatable bonds is 7. The van der Waals surface area contributed by atoms with Crippen LogP contribution in [0.4, 0.5) is 0 Å². The molecule has 2 aromatic rings. The van der Waals surface area contributed by atoms with E-state index in [2.05, 4.69) is 42.2 Å². The number of halogens is 1. The van der Waals surface area contributed by atoms with Crippen LogP contribution < -0.4 is 5.32 Å². The normalized spacial score (nSPS) is 12.8. The van der Waals surface area contributed by atoms with Gasteiger partial charge < -0.3 is 5.32 Å². The van der Waals surface area contributed by atoms with Gasteiger partial charge in [0.1, 0.15) is 0 Å². The van der Waals surface area contributed by atoms with Gasteiger partial charge in [-0.15, -0.1) is 0 Å². The molecule has 5 heteroatoms. The molecule has 1 N–H and O–H groups in total. The fraction of sp³-hybridized carbons (Fsp3) is 0.500. The maximum Gasteiger partial charge on any atom is 0.0834 e. The fourth-order valence-electron chi connectivity index (χ4n) is 2.51. The topological polar surface area (TPSA) is 42.7 Å². The Morgan fingerprint density at radius 3 is 2.76 bits per heavy atom. The quantitative estimate of drug-likeness (QED) is 0.846. The highest BCUT2D eigenvalue weighted by Gasteiger charge is 2.21. The van der Waals surface area contributed by atoms with Crippen LogP contribution in [0.1, 0.15) is 50.7 Å². The molecule has 2 rings (SSSR count). The molecule has 2 heterocycles. The number of hydrogen-bond donors (Lipinski definition) is 1. The summed E-state index contributed by atoms with van der Waals surface area (Å²) in [5.41, 5.74) is 2.18. The third-order valence-corrected chi connectivity index (χ3v) is 3.76. The van der Waals surface area contributed by atoms with Crippen molar-refractivity contribution in [1.29, 1.82) is 0 Å². The minimum absolute atomic E-state index is 0.189. The molecule has 0 saturated heterocycles. The highest BCUT2D eigenvalue weighted by atomic mass is 35.5. The Bertz CT molecular complexity index is 551. The van der Waals surface area contributed by atoms with E-state index in [1.54, 1.807) is 6.20 Å². The zero-order valence-electron chi connectivity index (χ0n) is 12.9. The summed E-state index contributed by atoms with van der Waals surface area (Å²) in [5.74, 6) is 0. The molecule has 0 radical (unpaired) electrons. The first-order valence-corrected chi connectivity index (χ1v) is 7.87. The van der Waals surface area contributed by atoms with Crippen LogP contribution in [0.2, 0.25) is 5.02 Å². The predicted octanol–water partition coefficient (Wildman–Crippen LogP) is 3.80. The lowest BCUT2D eigenvalue weighted by Gasteiger charge is -2.21. The highest BCUT2D eigenvalue weighted by Crippen LogP contribution is 2.28. The molecule has 0 aromatic carbocycles. The summed E-state index contributed by atoms with van der Waals surface area (Å²) >= 11 is 6.36. The molecule has 21 heavy (non-hydrogen) atoms. The maximum absolute atomic E-state index is 6.36. The van der Waals surface area contributed by atoms with Crippen molar-refractivity contribution in [1.82, 2.24) is 20.1 Å². The molecule has 1 atom stereocenters. The zero-order chi connectivity index (χ0) is 15.2. The molecular weight excluding hydrogens is 284 g/mol. The van der Waals surface area contributed by atoms with Crippen molar-refractivity contribution in [3.05, 3.63) is 47.0 Å². The van der Waals surface area contributed by atoms with Gasteiger partial charge in [0.25, 0.3) is 0 Å². The van der Waals surface area contributed by atoms with E-state index in [0.717, 1.165) is 35.8 Å². The van der Waals surface area contributed by atoms with Crippen molar-refractivity contribution in [2.45, 2.75) is 45.7 Å². The van der Waals surface area contributed by atoms with Gasteiger partial charge in [0.15, 0.2) is 0 Å². The Morgan fingerprint density at radius 2 is 2.14 bits per heavy atom. The van der Waals surface area contributed by atoms with E-state index in [-0.39, 0.29) is 6.04 Å². The second-order valence-electron chi connectivity index (χ2n) is 5.39. The van der Waals surface area contributed by atoms with E-state index in [1.165, 1.54) is 0 Å². The first-order chi connectivity index (χ1) is 10.1. The van der Waals surface area contributed by atoms with Crippen LogP contribution in [0.3, 0.4) is 0 Å².